The van der Waals surface area contributed by atoms with Crippen LogP contribution >= 0.6 is 11.6 Å². The molecule has 0 spiro atoms. The van der Waals surface area contributed by atoms with E-state index in [4.69, 9.17) is 11.6 Å². The second-order valence-electron chi connectivity index (χ2n) is 8.64. The van der Waals surface area contributed by atoms with Gasteiger partial charge in [-0.1, -0.05) is 35.9 Å². The van der Waals surface area contributed by atoms with E-state index in [0.717, 1.165) is 11.1 Å². The first-order valence-corrected chi connectivity index (χ1v) is 12.5. The summed E-state index contributed by atoms with van der Waals surface area (Å²) in [6.45, 7) is 7.16. The van der Waals surface area contributed by atoms with Crippen molar-refractivity contribution in [3.8, 4) is 0 Å². The summed E-state index contributed by atoms with van der Waals surface area (Å²) in [5, 5.41) is 8.83. The van der Waals surface area contributed by atoms with E-state index >= 15 is 0 Å². The number of benzene rings is 2. The molecule has 3 amide bonds. The molecule has 1 saturated heterocycles. The molecule has 9 nitrogen and oxygen atoms in total. The molecule has 3 N–H and O–H groups in total. The predicted molar refractivity (Wildman–Crippen MR) is 150 cm³/mol. The maximum Gasteiger partial charge on any atom is 0.262 e. The van der Waals surface area contributed by atoms with E-state index < -0.39 is 11.9 Å². The number of hydrogen-bond acceptors (Lipinski definition) is 6. The van der Waals surface area contributed by atoms with Crippen LogP contribution in [0.25, 0.3) is 10.9 Å². The lowest BCUT2D eigenvalue weighted by atomic mass is 10.0. The Labute approximate surface area is 227 Å². The van der Waals surface area contributed by atoms with Crippen LogP contribution in [-0.2, 0) is 27.3 Å². The fraction of sp³-hybridized carbons (Fsp3) is 0.321. The van der Waals surface area contributed by atoms with Gasteiger partial charge in [0.2, 0.25) is 17.7 Å². The van der Waals surface area contributed by atoms with Gasteiger partial charge in [-0.05, 0) is 69.8 Å². The Hall–Kier alpha value is -3.82. The predicted octanol–water partition coefficient (Wildman–Crippen LogP) is 3.22. The Bertz CT molecular complexity index is 1350. The average molecular weight is 540 g/mol. The Morgan fingerprint density at radius 2 is 1.76 bits per heavy atom. The molecule has 0 aliphatic carbocycles. The van der Waals surface area contributed by atoms with Crippen molar-refractivity contribution in [1.29, 1.82) is 0 Å². The molecule has 1 atom stereocenters. The van der Waals surface area contributed by atoms with E-state index in [-0.39, 0.29) is 43.2 Å². The zero-order valence-corrected chi connectivity index (χ0v) is 22.9. The van der Waals surface area contributed by atoms with Crippen LogP contribution in [0.1, 0.15) is 42.8 Å². The summed E-state index contributed by atoms with van der Waals surface area (Å²) in [5.74, 6) is -0.600. The van der Waals surface area contributed by atoms with Crippen molar-refractivity contribution in [2.24, 2.45) is 0 Å². The lowest BCUT2D eigenvalue weighted by Crippen LogP contribution is -2.45. The summed E-state index contributed by atoms with van der Waals surface area (Å²) in [6.07, 6.45) is 2.38. The third-order valence-electron chi connectivity index (χ3n) is 5.43. The summed E-state index contributed by atoms with van der Waals surface area (Å²) in [6, 6.07) is 11.5. The van der Waals surface area contributed by atoms with E-state index in [1.165, 1.54) is 4.57 Å². The van der Waals surface area contributed by atoms with Gasteiger partial charge in [0.25, 0.3) is 5.56 Å². The van der Waals surface area contributed by atoms with Gasteiger partial charge < -0.3 is 10.6 Å². The number of amides is 3. The number of aromatic nitrogens is 2. The fourth-order valence-electron chi connectivity index (χ4n) is 3.81. The third kappa shape index (κ3) is 8.36. The normalized spacial score (nSPS) is 14.4. The third-order valence-corrected chi connectivity index (χ3v) is 5.68. The minimum Gasteiger partial charge on any atom is -0.352 e. The number of rotatable bonds is 5. The minimum atomic E-state index is -0.778. The number of halogens is 1. The van der Waals surface area contributed by atoms with Crippen LogP contribution in [0, 0.1) is 6.92 Å². The summed E-state index contributed by atoms with van der Waals surface area (Å²) >= 11 is 5.86. The molecule has 0 unspecified atom stereocenters. The monoisotopic (exact) mass is 539 g/mol. The quantitative estimate of drug-likeness (QED) is 0.338. The number of aryl methyl sites for hydroxylation is 1. The van der Waals surface area contributed by atoms with Gasteiger partial charge >= 0.3 is 0 Å². The summed E-state index contributed by atoms with van der Waals surface area (Å²) in [4.78, 5) is 53.7. The highest BCUT2D eigenvalue weighted by molar-refractivity contribution is 6.30. The van der Waals surface area contributed by atoms with Crippen LogP contribution in [-0.4, -0.2) is 41.4 Å². The molecular formula is C28H34ClN5O4. The van der Waals surface area contributed by atoms with Crippen LogP contribution in [0.4, 0.5) is 0 Å². The maximum absolute atomic E-state index is 13.2. The van der Waals surface area contributed by atoms with Crippen molar-refractivity contribution in [3.05, 3.63) is 87.4 Å². The molecule has 1 aliphatic rings. The number of hydrogen-bond donors (Lipinski definition) is 3. The highest BCUT2D eigenvalue weighted by Crippen LogP contribution is 2.20. The lowest BCUT2D eigenvalue weighted by Gasteiger charge is -2.24. The van der Waals surface area contributed by atoms with Gasteiger partial charge in [0.1, 0.15) is 11.9 Å². The number of imide groups is 1. The molecule has 0 saturated carbocycles. The number of carbonyl (C=O) groups excluding carboxylic acids is 3. The van der Waals surface area contributed by atoms with E-state index in [9.17, 15) is 19.2 Å². The number of fused-ring (bicyclic) bond motifs is 1. The van der Waals surface area contributed by atoms with Gasteiger partial charge in [0, 0.05) is 18.0 Å². The molecule has 1 aliphatic heterocycles. The first-order valence-electron chi connectivity index (χ1n) is 12.2. The molecule has 4 rings (SSSR count). The zero-order valence-electron chi connectivity index (χ0n) is 22.1. The van der Waals surface area contributed by atoms with E-state index in [1.807, 2.05) is 21.0 Å². The summed E-state index contributed by atoms with van der Waals surface area (Å²) in [5.41, 5.74) is 1.74. The minimum absolute atomic E-state index is 0.157. The van der Waals surface area contributed by atoms with E-state index in [0.29, 0.717) is 21.7 Å². The summed E-state index contributed by atoms with van der Waals surface area (Å²) in [7, 11) is 3.75. The Morgan fingerprint density at radius 3 is 2.37 bits per heavy atom. The van der Waals surface area contributed by atoms with Crippen molar-refractivity contribution in [1.82, 2.24) is 25.5 Å². The Morgan fingerprint density at radius 1 is 1.16 bits per heavy atom. The molecule has 1 aromatic heterocycles. The summed E-state index contributed by atoms with van der Waals surface area (Å²) < 4.78 is 1.34. The number of piperidine rings is 1. The number of allylic oxidation sites excluding steroid dienone is 1. The molecular weight excluding hydrogens is 506 g/mol. The molecule has 38 heavy (non-hydrogen) atoms. The van der Waals surface area contributed by atoms with Crippen molar-refractivity contribution >= 4 is 40.2 Å². The molecule has 2 heterocycles. The van der Waals surface area contributed by atoms with Crippen LogP contribution in [0.2, 0.25) is 5.02 Å². The number of carbonyl (C=O) groups is 3. The first kappa shape index (κ1) is 30.4. The average Bonchev–Trinajstić information content (AvgIpc) is 2.86. The first-order chi connectivity index (χ1) is 18.1. The standard InChI is InChI=1S/C23H21ClN4O4.C3H6.C2H7N/c1-13-26-18-7-4-15(12-25-21(30)11-14-2-5-16(24)6-3-14)10-17(18)23(32)28(13)19-8-9-20(29)27-22(19)31;2*1-3-2/h2-7,10,19H,8-9,11-12H2,1H3,(H,25,30)(H,27,29,31);3H,1H2,2H3;3H,1-2H3/t19-;;/m1../s1. The van der Waals surface area contributed by atoms with Gasteiger partial charge in [-0.3, -0.25) is 29.1 Å². The largest absolute Gasteiger partial charge is 0.352 e. The molecule has 0 bridgehead atoms. The topological polar surface area (TPSA) is 122 Å². The molecule has 1 fully saturated rings. The number of nitrogens with zero attached hydrogens (tertiary/aromatic N) is 2. The molecule has 3 aromatic rings. The highest BCUT2D eigenvalue weighted by atomic mass is 35.5. The SMILES string of the molecule is C=CC.CNC.Cc1nc2ccc(CNC(=O)Cc3ccc(Cl)cc3)cc2c(=O)n1[C@@H]1CCC(=O)NC1=O. The molecule has 0 radical (unpaired) electrons. The molecule has 2 aromatic carbocycles. The molecule has 202 valence electrons. The van der Waals surface area contributed by atoms with Gasteiger partial charge in [-0.15, -0.1) is 6.58 Å². The smallest absolute Gasteiger partial charge is 0.262 e. The van der Waals surface area contributed by atoms with Crippen LogP contribution in [0.5, 0.6) is 0 Å². The second-order valence-corrected chi connectivity index (χ2v) is 9.08. The number of nitrogens with one attached hydrogen (secondary N) is 3. The Kier molecular flexibility index (Phi) is 11.8. The van der Waals surface area contributed by atoms with Gasteiger partial charge in [-0.25, -0.2) is 4.98 Å². The van der Waals surface area contributed by atoms with Crippen LogP contribution in [0.15, 0.2) is 59.9 Å². The van der Waals surface area contributed by atoms with Crippen molar-refractivity contribution in [2.45, 2.75) is 45.7 Å². The lowest BCUT2D eigenvalue weighted by molar-refractivity contribution is -0.135. The zero-order chi connectivity index (χ0) is 28.2. The van der Waals surface area contributed by atoms with Crippen molar-refractivity contribution in [3.63, 3.8) is 0 Å². The van der Waals surface area contributed by atoms with Gasteiger partial charge in [-0.2, -0.15) is 0 Å². The Balaban J connectivity index is 0.000000773. The highest BCUT2D eigenvalue weighted by Gasteiger charge is 2.30. The van der Waals surface area contributed by atoms with Crippen molar-refractivity contribution in [2.75, 3.05) is 14.1 Å². The molecule has 10 heteroatoms. The maximum atomic E-state index is 13.2. The van der Waals surface area contributed by atoms with Crippen LogP contribution < -0.4 is 21.5 Å². The van der Waals surface area contributed by atoms with Crippen LogP contribution in [0.3, 0.4) is 0 Å². The van der Waals surface area contributed by atoms with E-state index in [2.05, 4.69) is 27.5 Å². The van der Waals surface area contributed by atoms with E-state index in [1.54, 1.807) is 55.5 Å². The van der Waals surface area contributed by atoms with Gasteiger partial charge in [0.15, 0.2) is 0 Å². The van der Waals surface area contributed by atoms with Gasteiger partial charge in [0.05, 0.1) is 17.3 Å². The fourth-order valence-corrected chi connectivity index (χ4v) is 3.94. The van der Waals surface area contributed by atoms with Crippen molar-refractivity contribution < 1.29 is 14.4 Å². The second kappa shape index (κ2) is 14.8.